The highest BCUT2D eigenvalue weighted by molar-refractivity contribution is 7.90. The minimum Gasteiger partial charge on any atom is -0.455 e. The number of ether oxygens (including phenoxy) is 3. The van der Waals surface area contributed by atoms with Gasteiger partial charge >= 0.3 is 0 Å². The molecule has 2 saturated heterocycles. The highest BCUT2D eigenvalue weighted by atomic mass is 35.5. The van der Waals surface area contributed by atoms with Gasteiger partial charge in [0.15, 0.2) is 0 Å². The van der Waals surface area contributed by atoms with Crippen molar-refractivity contribution in [2.45, 2.75) is 49.5 Å². The monoisotopic (exact) mass is 899 g/mol. The number of sulfonamides is 1. The summed E-state index contributed by atoms with van der Waals surface area (Å²) in [5, 5.41) is 16.3. The molecule has 9 rings (SSSR count). The fourth-order valence-corrected chi connectivity index (χ4v) is 10.2. The maximum Gasteiger partial charge on any atom is 0.293 e. The summed E-state index contributed by atoms with van der Waals surface area (Å²) < 4.78 is 61.9. The molecule has 63 heavy (non-hydrogen) atoms. The molecule has 3 N–H and O–H groups in total. The van der Waals surface area contributed by atoms with Crippen molar-refractivity contribution in [1.82, 2.24) is 19.6 Å². The second kappa shape index (κ2) is 17.9. The second-order valence-electron chi connectivity index (χ2n) is 16.7. The van der Waals surface area contributed by atoms with Crippen molar-refractivity contribution in [2.24, 2.45) is 5.41 Å². The number of nitro groups is 1. The van der Waals surface area contributed by atoms with Gasteiger partial charge in [0, 0.05) is 79.8 Å². The average Bonchev–Trinajstić information content (AvgIpc) is 3.74. The van der Waals surface area contributed by atoms with Gasteiger partial charge in [0.25, 0.3) is 21.6 Å². The molecule has 3 fully saturated rings. The van der Waals surface area contributed by atoms with Gasteiger partial charge in [-0.05, 0) is 85.1 Å². The molecule has 1 atom stereocenters. The predicted octanol–water partition coefficient (Wildman–Crippen LogP) is 7.93. The summed E-state index contributed by atoms with van der Waals surface area (Å²) in [6, 6.07) is 17.9. The van der Waals surface area contributed by atoms with Gasteiger partial charge in [-0.2, -0.15) is 0 Å². The number of carbonyl (C=O) groups excluding carboxylic acids is 1. The van der Waals surface area contributed by atoms with Crippen molar-refractivity contribution in [3.8, 4) is 11.5 Å². The molecule has 0 bridgehead atoms. The third-order valence-electron chi connectivity index (χ3n) is 12.7. The van der Waals surface area contributed by atoms with Crippen molar-refractivity contribution in [1.29, 1.82) is 0 Å². The van der Waals surface area contributed by atoms with E-state index in [1.54, 1.807) is 24.4 Å². The number of H-pyrrole nitrogens is 1. The number of piperazine rings is 1. The molecular formula is C45H47ClFN7O8S. The number of amides is 1. The van der Waals surface area contributed by atoms with E-state index in [0.29, 0.717) is 49.5 Å². The molecule has 3 aromatic carbocycles. The van der Waals surface area contributed by atoms with E-state index in [9.17, 15) is 23.3 Å². The SMILES string of the molecule is O=C(NS(=O)(=O)c1cc([N+](=O)[O-])c(NCC2COCCO2)cc1F)c1ccc(N2CCN(CC3=C(c4ccc(Cl)cc4)CC4(CCC4)CC3)CC2)cc1Oc1cnc2[nH]ccc2c1. The molecule has 4 aliphatic rings. The number of fused-ring (bicyclic) bond motifs is 1. The zero-order valence-corrected chi connectivity index (χ0v) is 36.0. The van der Waals surface area contributed by atoms with E-state index in [0.717, 1.165) is 48.6 Å². The molecule has 1 unspecified atom stereocenters. The summed E-state index contributed by atoms with van der Waals surface area (Å²) in [6.45, 7) is 4.87. The lowest BCUT2D eigenvalue weighted by Crippen LogP contribution is -2.47. The molecular weight excluding hydrogens is 853 g/mol. The first kappa shape index (κ1) is 42.7. The van der Waals surface area contributed by atoms with Crippen LogP contribution in [-0.2, 0) is 19.5 Å². The van der Waals surface area contributed by atoms with Crippen molar-refractivity contribution in [3.63, 3.8) is 0 Å². The lowest BCUT2D eigenvalue weighted by molar-refractivity contribution is -0.384. The molecule has 0 radical (unpaired) electrons. The lowest BCUT2D eigenvalue weighted by Gasteiger charge is -2.47. The van der Waals surface area contributed by atoms with Crippen LogP contribution in [0.2, 0.25) is 5.02 Å². The van der Waals surface area contributed by atoms with Gasteiger partial charge in [-0.15, -0.1) is 0 Å². The molecule has 330 valence electrons. The number of carbonyl (C=O) groups is 1. The number of rotatable bonds is 13. The van der Waals surface area contributed by atoms with E-state index in [1.165, 1.54) is 54.7 Å². The molecule has 2 aliphatic carbocycles. The topological polar surface area (TPSA) is 181 Å². The number of aromatic amines is 1. The lowest BCUT2D eigenvalue weighted by atomic mass is 9.59. The molecule has 5 aromatic rings. The van der Waals surface area contributed by atoms with Crippen LogP contribution in [0.1, 0.15) is 54.4 Å². The maximum absolute atomic E-state index is 15.6. The highest BCUT2D eigenvalue weighted by Crippen LogP contribution is 2.55. The van der Waals surface area contributed by atoms with Crippen LogP contribution in [0, 0.1) is 21.3 Å². The Bertz CT molecular complexity index is 2680. The van der Waals surface area contributed by atoms with Crippen LogP contribution in [-0.4, -0.2) is 99.3 Å². The largest absolute Gasteiger partial charge is 0.455 e. The van der Waals surface area contributed by atoms with Gasteiger partial charge in [0.1, 0.15) is 33.5 Å². The molecule has 1 spiro atoms. The standard InChI is InChI=1S/C45H47ClFN7O8S/c46-32-4-2-29(3-5-32)37-24-45(10-1-11-45)12-8-31(37)27-52-14-16-53(17-15-52)33-6-7-36(41(21-33)62-34-20-30-9-13-48-43(30)50-25-34)44(55)51-63(58,59)42-23-40(54(56)57)39(22-38(42)47)49-26-35-28-60-18-19-61-35/h2-7,9,13,20-23,25,35,49H,1,8,10-12,14-19,24,26-28H2,(H,48,50)(H,51,55). The summed E-state index contributed by atoms with van der Waals surface area (Å²) in [5.41, 5.74) is 4.86. The van der Waals surface area contributed by atoms with E-state index in [2.05, 4.69) is 37.2 Å². The number of nitro benzene ring substituents is 1. The van der Waals surface area contributed by atoms with Crippen LogP contribution in [0.5, 0.6) is 11.5 Å². The van der Waals surface area contributed by atoms with Gasteiger partial charge in [-0.1, -0.05) is 35.7 Å². The Hall–Kier alpha value is -5.59. The van der Waals surface area contributed by atoms with E-state index < -0.39 is 43.4 Å². The number of nitrogens with zero attached hydrogens (tertiary/aromatic N) is 4. The fourth-order valence-electron chi connectivity index (χ4n) is 9.06. The van der Waals surface area contributed by atoms with Crippen LogP contribution in [0.4, 0.5) is 21.5 Å². The summed E-state index contributed by atoms with van der Waals surface area (Å²) in [6.07, 6.45) is 10.0. The average molecular weight is 900 g/mol. The Labute approximate surface area is 368 Å². The first-order valence-corrected chi connectivity index (χ1v) is 23.0. The first-order valence-electron chi connectivity index (χ1n) is 21.1. The Morgan fingerprint density at radius 2 is 1.86 bits per heavy atom. The van der Waals surface area contributed by atoms with Gasteiger partial charge in [-0.25, -0.2) is 22.5 Å². The minimum absolute atomic E-state index is 0.0316. The Morgan fingerprint density at radius 3 is 2.59 bits per heavy atom. The summed E-state index contributed by atoms with van der Waals surface area (Å²) >= 11 is 6.27. The predicted molar refractivity (Wildman–Crippen MR) is 237 cm³/mol. The zero-order valence-electron chi connectivity index (χ0n) is 34.4. The third-order valence-corrected chi connectivity index (χ3v) is 14.3. The molecule has 2 aliphatic heterocycles. The Kier molecular flexibility index (Phi) is 12.1. The van der Waals surface area contributed by atoms with Crippen LogP contribution in [0.15, 0.2) is 89.6 Å². The van der Waals surface area contributed by atoms with Crippen molar-refractivity contribution >= 4 is 61.2 Å². The number of anilines is 2. The maximum atomic E-state index is 15.6. The number of benzene rings is 3. The fraction of sp³-hybridized carbons (Fsp3) is 0.378. The normalized spacial score (nSPS) is 19.2. The molecule has 18 heteroatoms. The van der Waals surface area contributed by atoms with E-state index in [4.69, 9.17) is 25.8 Å². The smallest absolute Gasteiger partial charge is 0.293 e. The van der Waals surface area contributed by atoms with Crippen LogP contribution < -0.4 is 19.7 Å². The molecule has 4 heterocycles. The van der Waals surface area contributed by atoms with E-state index in [1.807, 2.05) is 22.9 Å². The minimum atomic E-state index is -4.98. The molecule has 15 nitrogen and oxygen atoms in total. The number of hydrogen-bond acceptors (Lipinski definition) is 12. The zero-order chi connectivity index (χ0) is 43.7. The van der Waals surface area contributed by atoms with Crippen LogP contribution in [0.3, 0.4) is 0 Å². The molecule has 1 saturated carbocycles. The molecule has 2 aromatic heterocycles. The Balaban J connectivity index is 0.937. The van der Waals surface area contributed by atoms with Gasteiger partial charge in [-0.3, -0.25) is 19.8 Å². The van der Waals surface area contributed by atoms with E-state index >= 15 is 4.39 Å². The number of nitrogens with one attached hydrogen (secondary N) is 3. The number of aromatic nitrogens is 2. The van der Waals surface area contributed by atoms with Crippen molar-refractivity contribution in [3.05, 3.63) is 117 Å². The highest BCUT2D eigenvalue weighted by Gasteiger charge is 2.41. The van der Waals surface area contributed by atoms with Gasteiger partial charge < -0.3 is 29.4 Å². The van der Waals surface area contributed by atoms with Crippen molar-refractivity contribution in [2.75, 3.05) is 69.3 Å². The summed E-state index contributed by atoms with van der Waals surface area (Å²) in [4.78, 5) is 36.1. The first-order chi connectivity index (χ1) is 30.4. The third kappa shape index (κ3) is 9.38. The Morgan fingerprint density at radius 1 is 1.05 bits per heavy atom. The second-order valence-corrected chi connectivity index (χ2v) is 18.8. The summed E-state index contributed by atoms with van der Waals surface area (Å²) in [7, 11) is -4.98. The van der Waals surface area contributed by atoms with Crippen LogP contribution >= 0.6 is 11.6 Å². The number of pyridine rings is 1. The number of allylic oxidation sites excluding steroid dienone is 1. The number of halogens is 2. The van der Waals surface area contributed by atoms with E-state index in [-0.39, 0.29) is 35.9 Å². The number of hydrogen-bond donors (Lipinski definition) is 3. The van der Waals surface area contributed by atoms with Crippen molar-refractivity contribution < 1.29 is 36.7 Å². The quantitative estimate of drug-likeness (QED) is 0.0768. The van der Waals surface area contributed by atoms with Gasteiger partial charge in [0.2, 0.25) is 0 Å². The van der Waals surface area contributed by atoms with Crippen LogP contribution in [0.25, 0.3) is 16.6 Å². The van der Waals surface area contributed by atoms with Gasteiger partial charge in [0.05, 0.1) is 42.6 Å². The summed E-state index contributed by atoms with van der Waals surface area (Å²) in [5.74, 6) is -2.11. The molecule has 1 amide bonds.